The third kappa shape index (κ3) is 7.15. The average molecular weight is 741 g/mol. The van der Waals surface area contributed by atoms with Gasteiger partial charge in [0.15, 0.2) is 5.60 Å². The molecule has 0 aliphatic carbocycles. The van der Waals surface area contributed by atoms with Crippen LogP contribution in [-0.4, -0.2) is 73.2 Å². The van der Waals surface area contributed by atoms with E-state index in [1.165, 1.54) is 0 Å². The van der Waals surface area contributed by atoms with Gasteiger partial charge in [-0.05, 0) is 80.4 Å². The summed E-state index contributed by atoms with van der Waals surface area (Å²) in [5.41, 5.74) is 2.68. The number of halogens is 1. The molecule has 2 amide bonds. The zero-order valence-electron chi connectivity index (χ0n) is 30.8. The molecule has 280 valence electrons. The molecule has 0 saturated carbocycles. The second kappa shape index (κ2) is 15.1. The summed E-state index contributed by atoms with van der Waals surface area (Å²) in [5.74, 6) is -0.462. The van der Waals surface area contributed by atoms with Crippen molar-refractivity contribution >= 4 is 31.6 Å². The summed E-state index contributed by atoms with van der Waals surface area (Å²) < 4.78 is 30.7. The molecule has 4 aromatic rings. The highest BCUT2D eigenvalue weighted by molar-refractivity contribution is 6.72. The first kappa shape index (κ1) is 36.9. The number of fused-ring (bicyclic) bond motifs is 2. The summed E-state index contributed by atoms with van der Waals surface area (Å²) in [6, 6.07) is 22.8. The monoisotopic (exact) mass is 740 g/mol. The molecule has 4 heterocycles. The number of aromatic nitrogens is 3. The molecule has 2 unspecified atom stereocenters. The van der Waals surface area contributed by atoms with E-state index in [-0.39, 0.29) is 36.8 Å². The fourth-order valence-corrected chi connectivity index (χ4v) is 11.2. The van der Waals surface area contributed by atoms with Crippen molar-refractivity contribution in [2.45, 2.75) is 75.5 Å². The third-order valence-electron chi connectivity index (χ3n) is 11.3. The molecule has 7 rings (SSSR count). The Labute approximate surface area is 311 Å². The number of nitrogens with zero attached hydrogens (tertiary/aromatic N) is 4. The van der Waals surface area contributed by atoms with Crippen molar-refractivity contribution in [3.63, 3.8) is 0 Å². The molecule has 2 saturated heterocycles. The zero-order valence-corrected chi connectivity index (χ0v) is 31.8. The lowest BCUT2D eigenvalue weighted by Crippen LogP contribution is -2.45. The van der Waals surface area contributed by atoms with Crippen LogP contribution in [0.2, 0.25) is 18.6 Å². The second-order valence-electron chi connectivity index (χ2n) is 15.1. The molecule has 13 heteroatoms. The predicted molar refractivity (Wildman–Crippen MR) is 203 cm³/mol. The van der Waals surface area contributed by atoms with Crippen LogP contribution in [0, 0.1) is 11.8 Å². The Morgan fingerprint density at radius 3 is 2.62 bits per heavy atom. The van der Waals surface area contributed by atoms with E-state index < -0.39 is 31.6 Å². The summed E-state index contributed by atoms with van der Waals surface area (Å²) in [7, 11) is -1.80. The van der Waals surface area contributed by atoms with Gasteiger partial charge in [-0.3, -0.25) is 14.3 Å². The third-order valence-corrected chi connectivity index (χ3v) is 13.8. The molecule has 1 aromatic heterocycles. The van der Waals surface area contributed by atoms with Crippen LogP contribution in [0.15, 0.2) is 79.0 Å². The molecule has 3 N–H and O–H groups in total. The van der Waals surface area contributed by atoms with Crippen molar-refractivity contribution in [3.8, 4) is 5.75 Å². The highest BCUT2D eigenvalue weighted by atomic mass is 28.4. The van der Waals surface area contributed by atoms with E-state index in [1.54, 1.807) is 29.8 Å². The van der Waals surface area contributed by atoms with Gasteiger partial charge in [-0.2, -0.15) is 0 Å². The molecule has 3 aliphatic rings. The molecule has 53 heavy (non-hydrogen) atoms. The Balaban J connectivity index is 1.13. The van der Waals surface area contributed by atoms with Crippen LogP contribution < -0.4 is 20.3 Å². The molecule has 3 aliphatic heterocycles. The van der Waals surface area contributed by atoms with Crippen LogP contribution in [-0.2, 0) is 33.0 Å². The summed E-state index contributed by atoms with van der Waals surface area (Å²) >= 11 is 0. The smallest absolute Gasteiger partial charge is 0.264 e. The van der Waals surface area contributed by atoms with Crippen molar-refractivity contribution in [3.05, 3.63) is 101 Å². The number of piperidine rings is 1. The van der Waals surface area contributed by atoms with E-state index >= 15 is 4.11 Å². The zero-order chi connectivity index (χ0) is 37.3. The number of aliphatic hydroxyl groups is 1. The van der Waals surface area contributed by atoms with Crippen molar-refractivity contribution < 1.29 is 28.3 Å². The minimum atomic E-state index is -3.39. The summed E-state index contributed by atoms with van der Waals surface area (Å²) in [6.07, 6.45) is 3.53. The number of nitrogens with one attached hydrogen (secondary N) is 2. The molecular weight excluding hydrogens is 692 g/mol. The number of carbonyl (C=O) groups excluding carboxylic acids is 2. The van der Waals surface area contributed by atoms with Crippen LogP contribution in [0.25, 0.3) is 0 Å². The Morgan fingerprint density at radius 2 is 1.94 bits per heavy atom. The Hall–Kier alpha value is -4.43. The quantitative estimate of drug-likeness (QED) is 0.124. The first-order valence-corrected chi connectivity index (χ1v) is 21.5. The summed E-state index contributed by atoms with van der Waals surface area (Å²) in [6.45, 7) is 7.51. The fourth-order valence-electron chi connectivity index (χ4n) is 8.67. The minimum Gasteiger partial charge on any atom is -0.497 e. The van der Waals surface area contributed by atoms with E-state index in [9.17, 15) is 14.7 Å². The Bertz CT molecular complexity index is 1910. The molecule has 1 spiro atoms. The Kier molecular flexibility index (Phi) is 10.5. The number of hydrogen-bond donors (Lipinski definition) is 3. The molecule has 3 aromatic carbocycles. The largest absolute Gasteiger partial charge is 0.497 e. The van der Waals surface area contributed by atoms with Gasteiger partial charge in [-0.15, -0.1) is 5.10 Å². The van der Waals surface area contributed by atoms with Crippen molar-refractivity contribution in [1.29, 1.82) is 0 Å². The van der Waals surface area contributed by atoms with Crippen LogP contribution in [0.4, 0.5) is 15.5 Å². The topological polar surface area (TPSA) is 131 Å². The van der Waals surface area contributed by atoms with Gasteiger partial charge in [-0.1, -0.05) is 54.6 Å². The average Bonchev–Trinajstić information content (AvgIpc) is 3.82. The number of aliphatic hydroxyl groups excluding tert-OH is 1. The van der Waals surface area contributed by atoms with E-state index in [1.807, 2.05) is 85.9 Å². The first-order valence-electron chi connectivity index (χ1n) is 18.6. The molecule has 2 fully saturated rings. The van der Waals surface area contributed by atoms with Gasteiger partial charge < -0.3 is 34.2 Å². The highest BCUT2D eigenvalue weighted by Gasteiger charge is 2.66. The van der Waals surface area contributed by atoms with Gasteiger partial charge in [0, 0.05) is 42.0 Å². The maximum atomic E-state index is 16.5. The van der Waals surface area contributed by atoms with Gasteiger partial charge in [-0.25, -0.2) is 0 Å². The van der Waals surface area contributed by atoms with Crippen LogP contribution in [0.3, 0.4) is 0 Å². The van der Waals surface area contributed by atoms with Crippen LogP contribution >= 0.6 is 0 Å². The van der Waals surface area contributed by atoms with Gasteiger partial charge in [0.25, 0.3) is 5.91 Å². The Morgan fingerprint density at radius 1 is 1.17 bits per heavy atom. The molecule has 11 nitrogen and oxygen atoms in total. The second-order valence-corrected chi connectivity index (χ2v) is 18.9. The number of benzene rings is 3. The van der Waals surface area contributed by atoms with Crippen molar-refractivity contribution in [1.82, 2.24) is 20.3 Å². The molecule has 6 atom stereocenters. The summed E-state index contributed by atoms with van der Waals surface area (Å²) in [5, 5.41) is 25.2. The SMILES string of the molecule is COc1ccc2c(c1)[C@]1(O[C@@H](CCn3cc(C(CO)c4ccccc4)nn3)[C@H]([Si](C)(C)F)[C@H]1C)C(=O)N2Cc1ccc(NC(=O)C2CCCNC2)cc1. The number of aryl methyl sites for hydroxylation is 1. The van der Waals surface area contributed by atoms with E-state index in [0.717, 1.165) is 30.5 Å². The minimum absolute atomic E-state index is 0.00565. The van der Waals surface area contributed by atoms with Gasteiger partial charge in [0.05, 0.1) is 49.6 Å². The lowest BCUT2D eigenvalue weighted by atomic mass is 9.82. The molecule has 0 radical (unpaired) electrons. The maximum Gasteiger partial charge on any atom is 0.264 e. The first-order chi connectivity index (χ1) is 25.5. The van der Waals surface area contributed by atoms with E-state index in [4.69, 9.17) is 9.47 Å². The van der Waals surface area contributed by atoms with E-state index in [0.29, 0.717) is 47.9 Å². The number of ether oxygens (including phenoxy) is 2. The van der Waals surface area contributed by atoms with Crippen molar-refractivity contribution in [2.24, 2.45) is 11.8 Å². The summed E-state index contributed by atoms with van der Waals surface area (Å²) in [4.78, 5) is 29.4. The molecule has 0 bridgehead atoms. The maximum absolute atomic E-state index is 16.5. The lowest BCUT2D eigenvalue weighted by Gasteiger charge is -2.31. The highest BCUT2D eigenvalue weighted by Crippen LogP contribution is 2.60. The number of anilines is 2. The van der Waals surface area contributed by atoms with Gasteiger partial charge >= 0.3 is 0 Å². The number of rotatable bonds is 12. The number of amides is 2. The normalized spacial score (nSPS) is 24.7. The van der Waals surface area contributed by atoms with Crippen molar-refractivity contribution in [2.75, 3.05) is 37.0 Å². The standard InChI is InChI=1S/C40H49FN6O5Si/c1-26-37(53(3,4)41)36(18-20-46-24-34(44-45-46)32(25-48)28-9-6-5-7-10-28)52-40(26)33-21-31(51-2)16-17-35(33)47(39(40)50)23-27-12-14-30(15-13-27)43-38(49)29-11-8-19-42-22-29/h5-7,9-10,12-17,21,24,26,29,32,36-37,42,48H,8,11,18-20,22-23,25H2,1-4H3,(H,43,49)/t26-,29?,32?,36+,37-,40+/m1/s1. The lowest BCUT2D eigenvalue weighted by molar-refractivity contribution is -0.146. The van der Waals surface area contributed by atoms with Crippen LogP contribution in [0.1, 0.15) is 54.5 Å². The predicted octanol–water partition coefficient (Wildman–Crippen LogP) is 5.76. The fraction of sp³-hybridized carbons (Fsp3) is 0.450. The number of methoxy groups -OCH3 is 1. The van der Waals surface area contributed by atoms with Gasteiger partial charge in [0.2, 0.25) is 14.3 Å². The number of hydrogen-bond acceptors (Lipinski definition) is 8. The molecular formula is C40H49FN6O5Si. The van der Waals surface area contributed by atoms with Crippen LogP contribution in [0.5, 0.6) is 5.75 Å². The van der Waals surface area contributed by atoms with Gasteiger partial charge in [0.1, 0.15) is 5.75 Å². The number of carbonyl (C=O) groups is 2. The van der Waals surface area contributed by atoms with E-state index in [2.05, 4.69) is 20.9 Å².